The van der Waals surface area contributed by atoms with Gasteiger partial charge in [-0.1, -0.05) is 30.3 Å². The van der Waals surface area contributed by atoms with Crippen molar-refractivity contribution < 1.29 is 23.7 Å². The summed E-state index contributed by atoms with van der Waals surface area (Å²) in [5.74, 6) is 2.81. The molecule has 3 atom stereocenters. The van der Waals surface area contributed by atoms with Crippen LogP contribution in [0.1, 0.15) is 44.7 Å². The molecule has 0 aliphatic carbocycles. The van der Waals surface area contributed by atoms with Crippen LogP contribution < -0.4 is 19.3 Å². The van der Waals surface area contributed by atoms with Gasteiger partial charge in [0.25, 0.3) is 0 Å². The fourth-order valence-electron chi connectivity index (χ4n) is 6.88. The molecular formula is C36H43N7O5. The molecule has 5 heterocycles. The average molecular weight is 654 g/mol. The quantitative estimate of drug-likeness (QED) is 0.259. The number of amides is 1. The molecule has 2 aromatic carbocycles. The van der Waals surface area contributed by atoms with Gasteiger partial charge >= 0.3 is 6.09 Å². The lowest BCUT2D eigenvalue weighted by Crippen LogP contribution is -2.54. The Morgan fingerprint density at radius 3 is 2.40 bits per heavy atom. The van der Waals surface area contributed by atoms with E-state index in [-0.39, 0.29) is 30.9 Å². The Labute approximate surface area is 281 Å². The molecule has 1 unspecified atom stereocenters. The molecule has 3 fully saturated rings. The highest BCUT2D eigenvalue weighted by atomic mass is 16.6. The molecular weight excluding hydrogens is 610 g/mol. The standard InChI is InChI=1S/C36H43N7O5/c1-36(2,3)48-35(44)41-12-13-46-28(21-41)22-47-32-15-29-30(16-31(32)45-4)39-23-40-33(29)42-19-26-10-11-27(20-42)43(26)34-37-17-25(18-38-34)14-24-8-6-5-7-9-24/h5-9,15-18,23,26-28H,10-14,19-22H2,1-4H3/t26-,27+,28?. The second-order valence-corrected chi connectivity index (χ2v) is 13.7. The number of ether oxygens (including phenoxy) is 4. The number of rotatable bonds is 8. The largest absolute Gasteiger partial charge is 0.493 e. The van der Waals surface area contributed by atoms with E-state index in [4.69, 9.17) is 33.9 Å². The third-order valence-electron chi connectivity index (χ3n) is 9.07. The Morgan fingerprint density at radius 2 is 1.69 bits per heavy atom. The summed E-state index contributed by atoms with van der Waals surface area (Å²) in [6, 6.07) is 14.8. The zero-order chi connectivity index (χ0) is 33.3. The van der Waals surface area contributed by atoms with E-state index in [0.29, 0.717) is 31.2 Å². The molecule has 3 aliphatic heterocycles. The molecule has 48 heavy (non-hydrogen) atoms. The SMILES string of the molecule is COc1cc2ncnc(N3C[C@H]4CC[C@@H](C3)N4c3ncc(Cc4ccccc4)cn3)c2cc1OCC1CN(C(=O)OC(C)(C)C)CCO1. The lowest BCUT2D eigenvalue weighted by Gasteiger charge is -2.41. The number of fused-ring (bicyclic) bond motifs is 3. The van der Waals surface area contributed by atoms with Crippen LogP contribution in [0.5, 0.6) is 11.5 Å². The monoisotopic (exact) mass is 653 g/mol. The Bertz CT molecular complexity index is 1720. The van der Waals surface area contributed by atoms with E-state index in [0.717, 1.165) is 60.6 Å². The second-order valence-electron chi connectivity index (χ2n) is 13.7. The van der Waals surface area contributed by atoms with Crippen molar-refractivity contribution in [1.29, 1.82) is 0 Å². The Kier molecular flexibility index (Phi) is 8.91. The van der Waals surface area contributed by atoms with E-state index in [1.54, 1.807) is 18.3 Å². The number of piperazine rings is 1. The lowest BCUT2D eigenvalue weighted by atomic mass is 10.1. The minimum absolute atomic E-state index is 0.247. The maximum atomic E-state index is 12.7. The van der Waals surface area contributed by atoms with Gasteiger partial charge in [0.05, 0.1) is 25.8 Å². The van der Waals surface area contributed by atoms with Crippen LogP contribution in [0.25, 0.3) is 10.9 Å². The molecule has 2 bridgehead atoms. The highest BCUT2D eigenvalue weighted by Crippen LogP contribution is 2.39. The fourth-order valence-corrected chi connectivity index (χ4v) is 6.88. The van der Waals surface area contributed by atoms with Crippen LogP contribution in [0.15, 0.2) is 61.2 Å². The number of hydrogen-bond acceptors (Lipinski definition) is 11. The molecule has 0 radical (unpaired) electrons. The van der Waals surface area contributed by atoms with Gasteiger partial charge in [0.2, 0.25) is 5.95 Å². The molecule has 0 spiro atoms. The minimum Gasteiger partial charge on any atom is -0.493 e. The first-order valence-corrected chi connectivity index (χ1v) is 16.7. The Morgan fingerprint density at radius 1 is 0.938 bits per heavy atom. The number of methoxy groups -OCH3 is 1. The summed E-state index contributed by atoms with van der Waals surface area (Å²) in [4.78, 5) is 38.0. The normalized spacial score (nSPS) is 21.0. The van der Waals surface area contributed by atoms with Gasteiger partial charge in [-0.05, 0) is 50.8 Å². The zero-order valence-electron chi connectivity index (χ0n) is 28.0. The van der Waals surface area contributed by atoms with Crippen LogP contribution in [-0.2, 0) is 15.9 Å². The summed E-state index contributed by atoms with van der Waals surface area (Å²) >= 11 is 0. The molecule has 0 saturated carbocycles. The number of benzene rings is 2. The van der Waals surface area contributed by atoms with Gasteiger partial charge in [0.15, 0.2) is 11.5 Å². The van der Waals surface area contributed by atoms with Crippen molar-refractivity contribution in [2.24, 2.45) is 0 Å². The Hall–Kier alpha value is -4.71. The van der Waals surface area contributed by atoms with E-state index in [2.05, 4.69) is 39.0 Å². The van der Waals surface area contributed by atoms with Crippen LogP contribution in [0.3, 0.4) is 0 Å². The summed E-state index contributed by atoms with van der Waals surface area (Å²) in [6.45, 7) is 8.71. The number of hydrogen-bond donors (Lipinski definition) is 0. The van der Waals surface area contributed by atoms with Gasteiger partial charge < -0.3 is 33.6 Å². The van der Waals surface area contributed by atoms with Crippen molar-refractivity contribution in [3.63, 3.8) is 0 Å². The molecule has 3 saturated heterocycles. The van der Waals surface area contributed by atoms with Gasteiger partial charge in [-0.3, -0.25) is 0 Å². The summed E-state index contributed by atoms with van der Waals surface area (Å²) in [5, 5.41) is 0.891. The fraction of sp³-hybridized carbons (Fsp3) is 0.472. The molecule has 12 nitrogen and oxygen atoms in total. The predicted molar refractivity (Wildman–Crippen MR) is 182 cm³/mol. The van der Waals surface area contributed by atoms with Gasteiger partial charge in [0.1, 0.15) is 30.5 Å². The maximum absolute atomic E-state index is 12.7. The van der Waals surface area contributed by atoms with Gasteiger partial charge in [0, 0.05) is 62.0 Å². The van der Waals surface area contributed by atoms with Crippen molar-refractivity contribution >= 4 is 28.8 Å². The van der Waals surface area contributed by atoms with Crippen molar-refractivity contribution in [2.45, 2.75) is 63.8 Å². The first-order chi connectivity index (χ1) is 23.2. The predicted octanol–water partition coefficient (Wildman–Crippen LogP) is 4.89. The number of carbonyl (C=O) groups excluding carboxylic acids is 1. The number of nitrogens with zero attached hydrogens (tertiary/aromatic N) is 7. The molecule has 252 valence electrons. The van der Waals surface area contributed by atoms with E-state index in [9.17, 15) is 4.79 Å². The van der Waals surface area contributed by atoms with Crippen LogP contribution in [-0.4, -0.2) is 101 Å². The third-order valence-corrected chi connectivity index (χ3v) is 9.07. The Balaban J connectivity index is 1.05. The van der Waals surface area contributed by atoms with Crippen molar-refractivity contribution in [2.75, 3.05) is 56.3 Å². The minimum atomic E-state index is -0.562. The van der Waals surface area contributed by atoms with Crippen molar-refractivity contribution in [1.82, 2.24) is 24.8 Å². The molecule has 1 amide bonds. The first kappa shape index (κ1) is 31.9. The highest BCUT2D eigenvalue weighted by Gasteiger charge is 2.42. The number of aromatic nitrogens is 4. The van der Waals surface area contributed by atoms with E-state index >= 15 is 0 Å². The number of anilines is 2. The van der Waals surface area contributed by atoms with Gasteiger partial charge in [-0.25, -0.2) is 24.7 Å². The average Bonchev–Trinajstić information content (AvgIpc) is 3.35. The van der Waals surface area contributed by atoms with Crippen molar-refractivity contribution in [3.8, 4) is 11.5 Å². The summed E-state index contributed by atoms with van der Waals surface area (Å²) in [6.07, 6.45) is 7.84. The topological polar surface area (TPSA) is 115 Å². The maximum Gasteiger partial charge on any atom is 0.410 e. The van der Waals surface area contributed by atoms with E-state index in [1.807, 2.05) is 51.4 Å². The number of carbonyl (C=O) groups is 1. The van der Waals surface area contributed by atoms with E-state index in [1.165, 1.54) is 5.56 Å². The first-order valence-electron chi connectivity index (χ1n) is 16.7. The van der Waals surface area contributed by atoms with E-state index < -0.39 is 5.60 Å². The van der Waals surface area contributed by atoms with Crippen LogP contribution in [0.4, 0.5) is 16.6 Å². The van der Waals surface area contributed by atoms with Crippen LogP contribution in [0.2, 0.25) is 0 Å². The molecule has 7 rings (SSSR count). The highest BCUT2D eigenvalue weighted by molar-refractivity contribution is 5.92. The van der Waals surface area contributed by atoms with Crippen LogP contribution in [0, 0.1) is 0 Å². The molecule has 4 aromatic rings. The second kappa shape index (κ2) is 13.4. The van der Waals surface area contributed by atoms with Crippen LogP contribution >= 0.6 is 0 Å². The molecule has 0 N–H and O–H groups in total. The summed E-state index contributed by atoms with van der Waals surface area (Å²) in [7, 11) is 1.62. The van der Waals surface area contributed by atoms with Gasteiger partial charge in [-0.2, -0.15) is 0 Å². The van der Waals surface area contributed by atoms with Gasteiger partial charge in [-0.15, -0.1) is 0 Å². The molecule has 2 aromatic heterocycles. The smallest absolute Gasteiger partial charge is 0.410 e. The third kappa shape index (κ3) is 6.94. The lowest BCUT2D eigenvalue weighted by molar-refractivity contribution is -0.0558. The zero-order valence-corrected chi connectivity index (χ0v) is 28.0. The summed E-state index contributed by atoms with van der Waals surface area (Å²) in [5.41, 5.74) is 2.57. The molecule has 12 heteroatoms. The summed E-state index contributed by atoms with van der Waals surface area (Å²) < 4.78 is 23.5. The van der Waals surface area contributed by atoms with Crippen molar-refractivity contribution in [3.05, 3.63) is 72.3 Å². The number of morpholine rings is 1. The molecule has 3 aliphatic rings.